The molecule has 1 unspecified atom stereocenters. The molecule has 0 spiro atoms. The van der Waals surface area contributed by atoms with Gasteiger partial charge in [0.1, 0.15) is 0 Å². The van der Waals surface area contributed by atoms with E-state index in [1.54, 1.807) is 17.8 Å². The van der Waals surface area contributed by atoms with Crippen LogP contribution in [-0.4, -0.2) is 30.4 Å². The summed E-state index contributed by atoms with van der Waals surface area (Å²) in [5.74, 6) is 0.686. The monoisotopic (exact) mass is 329 g/mol. The summed E-state index contributed by atoms with van der Waals surface area (Å²) < 4.78 is 0. The van der Waals surface area contributed by atoms with E-state index in [4.69, 9.17) is 16.7 Å². The van der Waals surface area contributed by atoms with E-state index in [-0.39, 0.29) is 12.5 Å². The maximum Gasteiger partial charge on any atom is 0.252 e. The molecule has 0 saturated heterocycles. The van der Waals surface area contributed by atoms with Gasteiger partial charge in [-0.25, -0.2) is 0 Å². The van der Waals surface area contributed by atoms with Crippen LogP contribution in [0.3, 0.4) is 0 Å². The molecular weight excluding hydrogens is 306 g/mol. The van der Waals surface area contributed by atoms with E-state index in [0.717, 1.165) is 11.3 Å². The first-order valence-electron chi connectivity index (χ1n) is 7.20. The van der Waals surface area contributed by atoms with E-state index >= 15 is 0 Å². The highest BCUT2D eigenvalue weighted by Gasteiger charge is 2.15. The lowest BCUT2D eigenvalue weighted by Crippen LogP contribution is -2.30. The molecule has 21 heavy (non-hydrogen) atoms. The maximum atomic E-state index is 12.3. The molecule has 0 saturated carbocycles. The fourth-order valence-electron chi connectivity index (χ4n) is 2.29. The SMILES string of the molecule is CSc1ccc(Cl)c(C(=O)NCC(CCO)CC(C)C)c1. The largest absolute Gasteiger partial charge is 0.396 e. The van der Waals surface area contributed by atoms with Gasteiger partial charge in [-0.05, 0) is 49.1 Å². The molecule has 1 aromatic carbocycles. The van der Waals surface area contributed by atoms with Gasteiger partial charge >= 0.3 is 0 Å². The van der Waals surface area contributed by atoms with Crippen LogP contribution >= 0.6 is 23.4 Å². The topological polar surface area (TPSA) is 49.3 Å². The Morgan fingerprint density at radius 3 is 2.71 bits per heavy atom. The molecule has 3 nitrogen and oxygen atoms in total. The van der Waals surface area contributed by atoms with Crippen molar-refractivity contribution in [3.8, 4) is 0 Å². The average molecular weight is 330 g/mol. The molecule has 2 N–H and O–H groups in total. The molecule has 0 fully saturated rings. The molecule has 0 radical (unpaired) electrons. The molecule has 1 aromatic rings. The molecule has 0 aliphatic carbocycles. The Bertz CT molecular complexity index is 466. The smallest absolute Gasteiger partial charge is 0.252 e. The van der Waals surface area contributed by atoms with Crippen LogP contribution in [0.4, 0.5) is 0 Å². The maximum absolute atomic E-state index is 12.3. The molecule has 1 atom stereocenters. The summed E-state index contributed by atoms with van der Waals surface area (Å²) in [5.41, 5.74) is 0.510. The standard InChI is InChI=1S/C16H24ClNO2S/c1-11(2)8-12(6-7-19)10-18-16(20)14-9-13(21-3)4-5-15(14)17/h4-5,9,11-12,19H,6-8,10H2,1-3H3,(H,18,20). The summed E-state index contributed by atoms with van der Waals surface area (Å²) in [6.07, 6.45) is 3.65. The summed E-state index contributed by atoms with van der Waals surface area (Å²) >= 11 is 7.68. The number of aliphatic hydroxyl groups excluding tert-OH is 1. The number of halogens is 1. The lowest BCUT2D eigenvalue weighted by Gasteiger charge is -2.19. The van der Waals surface area contributed by atoms with Gasteiger partial charge in [0.25, 0.3) is 5.91 Å². The highest BCUT2D eigenvalue weighted by atomic mass is 35.5. The summed E-state index contributed by atoms with van der Waals surface area (Å²) in [6.45, 7) is 5.00. The fraction of sp³-hybridized carbons (Fsp3) is 0.562. The van der Waals surface area contributed by atoms with Gasteiger partial charge in [0.05, 0.1) is 10.6 Å². The zero-order valence-electron chi connectivity index (χ0n) is 12.9. The summed E-state index contributed by atoms with van der Waals surface area (Å²) in [7, 11) is 0. The van der Waals surface area contributed by atoms with Crippen LogP contribution in [0.5, 0.6) is 0 Å². The van der Waals surface area contributed by atoms with Crippen LogP contribution in [0.25, 0.3) is 0 Å². The lowest BCUT2D eigenvalue weighted by molar-refractivity contribution is 0.0941. The first kappa shape index (κ1) is 18.3. The third-order valence-electron chi connectivity index (χ3n) is 3.31. The van der Waals surface area contributed by atoms with Crippen molar-refractivity contribution in [3.05, 3.63) is 28.8 Å². The number of amides is 1. The molecule has 0 bridgehead atoms. The van der Waals surface area contributed by atoms with Gasteiger partial charge < -0.3 is 10.4 Å². The van der Waals surface area contributed by atoms with Gasteiger partial charge in [-0.2, -0.15) is 0 Å². The van der Waals surface area contributed by atoms with Gasteiger partial charge in [-0.15, -0.1) is 11.8 Å². The van der Waals surface area contributed by atoms with Crippen LogP contribution in [0.2, 0.25) is 5.02 Å². The van der Waals surface area contributed by atoms with E-state index in [1.165, 1.54) is 0 Å². The molecule has 118 valence electrons. The third kappa shape index (κ3) is 6.29. The van der Waals surface area contributed by atoms with E-state index in [2.05, 4.69) is 19.2 Å². The van der Waals surface area contributed by atoms with Crippen LogP contribution in [0.1, 0.15) is 37.0 Å². The minimum absolute atomic E-state index is 0.149. The number of hydrogen-bond donors (Lipinski definition) is 2. The van der Waals surface area contributed by atoms with Crippen LogP contribution in [0, 0.1) is 11.8 Å². The van der Waals surface area contributed by atoms with Crippen molar-refractivity contribution >= 4 is 29.3 Å². The molecule has 1 rings (SSSR count). The highest BCUT2D eigenvalue weighted by Crippen LogP contribution is 2.23. The first-order chi connectivity index (χ1) is 9.97. The second-order valence-electron chi connectivity index (χ2n) is 5.56. The Labute approximate surface area is 136 Å². The lowest BCUT2D eigenvalue weighted by atomic mass is 9.94. The molecule has 0 aromatic heterocycles. The van der Waals surface area contributed by atoms with Crippen molar-refractivity contribution in [1.82, 2.24) is 5.32 Å². The van der Waals surface area contributed by atoms with Crippen molar-refractivity contribution in [2.75, 3.05) is 19.4 Å². The van der Waals surface area contributed by atoms with Crippen LogP contribution in [-0.2, 0) is 0 Å². The Balaban J connectivity index is 2.67. The summed E-state index contributed by atoms with van der Waals surface area (Å²) in [6, 6.07) is 5.46. The van der Waals surface area contributed by atoms with E-state index in [9.17, 15) is 4.79 Å². The number of carbonyl (C=O) groups excluding carboxylic acids is 1. The molecule has 5 heteroatoms. The summed E-state index contributed by atoms with van der Waals surface area (Å²) in [4.78, 5) is 13.3. The molecule has 1 amide bonds. The Morgan fingerprint density at radius 1 is 1.43 bits per heavy atom. The fourth-order valence-corrected chi connectivity index (χ4v) is 2.93. The average Bonchev–Trinajstić information content (AvgIpc) is 2.44. The quantitative estimate of drug-likeness (QED) is 0.712. The van der Waals surface area contributed by atoms with Crippen LogP contribution in [0.15, 0.2) is 23.1 Å². The Morgan fingerprint density at radius 2 is 2.14 bits per heavy atom. The number of benzene rings is 1. The Hall–Kier alpha value is -0.710. The molecule has 0 aliphatic heterocycles. The van der Waals surface area contributed by atoms with Crippen molar-refractivity contribution in [2.45, 2.75) is 31.6 Å². The molecule has 0 aliphatic rings. The minimum atomic E-state index is -0.150. The molecular formula is C16H24ClNO2S. The number of hydrogen-bond acceptors (Lipinski definition) is 3. The summed E-state index contributed by atoms with van der Waals surface area (Å²) in [5, 5.41) is 12.5. The van der Waals surface area contributed by atoms with Gasteiger partial charge in [0.2, 0.25) is 0 Å². The van der Waals surface area contributed by atoms with E-state index in [0.29, 0.717) is 35.4 Å². The predicted molar refractivity (Wildman–Crippen MR) is 90.2 cm³/mol. The van der Waals surface area contributed by atoms with Crippen LogP contribution < -0.4 is 5.32 Å². The zero-order chi connectivity index (χ0) is 15.8. The second-order valence-corrected chi connectivity index (χ2v) is 6.85. The first-order valence-corrected chi connectivity index (χ1v) is 8.80. The number of aliphatic hydroxyl groups is 1. The van der Waals surface area contributed by atoms with Gasteiger partial charge in [-0.1, -0.05) is 25.4 Å². The van der Waals surface area contributed by atoms with Gasteiger partial charge in [0.15, 0.2) is 0 Å². The van der Waals surface area contributed by atoms with Crippen molar-refractivity contribution in [2.24, 2.45) is 11.8 Å². The second kappa shape index (κ2) is 9.34. The predicted octanol–water partition coefficient (Wildman–Crippen LogP) is 3.84. The zero-order valence-corrected chi connectivity index (χ0v) is 14.4. The van der Waals surface area contributed by atoms with E-state index in [1.807, 2.05) is 18.4 Å². The van der Waals surface area contributed by atoms with Crippen molar-refractivity contribution < 1.29 is 9.90 Å². The third-order valence-corrected chi connectivity index (χ3v) is 4.37. The number of thioether (sulfide) groups is 1. The minimum Gasteiger partial charge on any atom is -0.396 e. The van der Waals surface area contributed by atoms with E-state index < -0.39 is 0 Å². The number of rotatable bonds is 8. The molecule has 0 heterocycles. The van der Waals surface area contributed by atoms with Crippen molar-refractivity contribution in [1.29, 1.82) is 0 Å². The number of nitrogens with one attached hydrogen (secondary N) is 1. The number of carbonyl (C=O) groups is 1. The Kier molecular flexibility index (Phi) is 8.15. The van der Waals surface area contributed by atoms with Gasteiger partial charge in [0, 0.05) is 18.0 Å². The van der Waals surface area contributed by atoms with Gasteiger partial charge in [-0.3, -0.25) is 4.79 Å². The normalized spacial score (nSPS) is 12.5. The highest BCUT2D eigenvalue weighted by molar-refractivity contribution is 7.98. The van der Waals surface area contributed by atoms with Crippen molar-refractivity contribution in [3.63, 3.8) is 0 Å².